The van der Waals surface area contributed by atoms with Crippen molar-refractivity contribution in [3.8, 4) is 11.3 Å². The van der Waals surface area contributed by atoms with Gasteiger partial charge in [0, 0.05) is 16.8 Å². The first kappa shape index (κ1) is 16.6. The molecule has 0 aliphatic rings. The molecule has 0 saturated carbocycles. The lowest BCUT2D eigenvalue weighted by Gasteiger charge is -2.20. The lowest BCUT2D eigenvalue weighted by Crippen LogP contribution is -2.04. The summed E-state index contributed by atoms with van der Waals surface area (Å²) in [7, 11) is 0. The molecule has 0 atom stereocenters. The molecule has 1 heterocycles. The van der Waals surface area contributed by atoms with Crippen LogP contribution < -0.4 is 0 Å². The number of rotatable bonds is 4. The maximum Gasteiger partial charge on any atom is 0.0507 e. The summed E-state index contributed by atoms with van der Waals surface area (Å²) < 4.78 is 0. The molecular formula is C27H21N. The Hall–Kier alpha value is -3.58. The summed E-state index contributed by atoms with van der Waals surface area (Å²) in [6.07, 6.45) is 0. The van der Waals surface area contributed by atoms with Crippen LogP contribution >= 0.6 is 0 Å². The van der Waals surface area contributed by atoms with E-state index in [-0.39, 0.29) is 5.92 Å². The van der Waals surface area contributed by atoms with Gasteiger partial charge < -0.3 is 4.98 Å². The SMILES string of the molecule is c1ccc(-c2[nH]c3ccccc3c2C(c2ccccc2)c2ccccc2)cc1. The molecule has 0 spiro atoms. The molecule has 0 aliphatic heterocycles. The van der Waals surface area contributed by atoms with E-state index in [1.165, 1.54) is 38.9 Å². The summed E-state index contributed by atoms with van der Waals surface area (Å²) in [6, 6.07) is 40.8. The second-order valence-corrected chi connectivity index (χ2v) is 7.08. The molecule has 1 N–H and O–H groups in total. The minimum Gasteiger partial charge on any atom is -0.354 e. The number of H-pyrrole nitrogens is 1. The van der Waals surface area contributed by atoms with E-state index >= 15 is 0 Å². The zero-order valence-corrected chi connectivity index (χ0v) is 15.5. The van der Waals surface area contributed by atoms with Crippen molar-refractivity contribution in [2.24, 2.45) is 0 Å². The monoisotopic (exact) mass is 359 g/mol. The number of fused-ring (bicyclic) bond motifs is 1. The highest BCUT2D eigenvalue weighted by Gasteiger charge is 2.24. The average molecular weight is 359 g/mol. The molecule has 4 aromatic carbocycles. The lowest BCUT2D eigenvalue weighted by atomic mass is 9.82. The standard InChI is InChI=1S/C27H21N/c1-4-12-20(13-5-1)25(21-14-6-2-7-15-21)26-23-18-10-11-19-24(23)28-27(26)22-16-8-3-9-17-22/h1-19,25,28H. The summed E-state index contributed by atoms with van der Waals surface area (Å²) >= 11 is 0. The number of hydrogen-bond donors (Lipinski definition) is 1. The molecule has 28 heavy (non-hydrogen) atoms. The second-order valence-electron chi connectivity index (χ2n) is 7.08. The van der Waals surface area contributed by atoms with Gasteiger partial charge in [0.15, 0.2) is 0 Å². The third kappa shape index (κ3) is 2.91. The highest BCUT2D eigenvalue weighted by molar-refractivity contribution is 5.92. The largest absolute Gasteiger partial charge is 0.354 e. The zero-order chi connectivity index (χ0) is 18.8. The minimum atomic E-state index is 0.161. The molecule has 5 rings (SSSR count). The number of benzene rings is 4. The molecule has 0 bridgehead atoms. The topological polar surface area (TPSA) is 15.8 Å². The Balaban J connectivity index is 1.84. The predicted molar refractivity (Wildman–Crippen MR) is 118 cm³/mol. The molecular weight excluding hydrogens is 338 g/mol. The Bertz CT molecular complexity index is 1150. The van der Waals surface area contributed by atoms with Crippen LogP contribution in [0, 0.1) is 0 Å². The van der Waals surface area contributed by atoms with Crippen LogP contribution in [0.1, 0.15) is 22.6 Å². The van der Waals surface area contributed by atoms with Gasteiger partial charge in [0.1, 0.15) is 0 Å². The van der Waals surface area contributed by atoms with Gasteiger partial charge >= 0.3 is 0 Å². The van der Waals surface area contributed by atoms with Gasteiger partial charge in [0.05, 0.1) is 5.69 Å². The van der Waals surface area contributed by atoms with E-state index in [1.807, 2.05) is 0 Å². The summed E-state index contributed by atoms with van der Waals surface area (Å²) in [5.74, 6) is 0.161. The molecule has 0 radical (unpaired) electrons. The van der Waals surface area contributed by atoms with Crippen LogP contribution in [-0.2, 0) is 0 Å². The number of aromatic nitrogens is 1. The maximum atomic E-state index is 3.70. The van der Waals surface area contributed by atoms with Gasteiger partial charge in [-0.05, 0) is 28.3 Å². The van der Waals surface area contributed by atoms with E-state index in [1.54, 1.807) is 0 Å². The minimum absolute atomic E-state index is 0.161. The fourth-order valence-corrected chi connectivity index (χ4v) is 4.11. The Morgan fingerprint density at radius 1 is 0.500 bits per heavy atom. The van der Waals surface area contributed by atoms with Crippen molar-refractivity contribution in [3.63, 3.8) is 0 Å². The van der Waals surface area contributed by atoms with E-state index in [2.05, 4.69) is 120 Å². The van der Waals surface area contributed by atoms with Crippen molar-refractivity contribution in [2.45, 2.75) is 5.92 Å². The van der Waals surface area contributed by atoms with E-state index in [9.17, 15) is 0 Å². The first-order chi connectivity index (χ1) is 13.9. The van der Waals surface area contributed by atoms with Gasteiger partial charge in [-0.3, -0.25) is 0 Å². The van der Waals surface area contributed by atoms with Gasteiger partial charge in [-0.25, -0.2) is 0 Å². The highest BCUT2D eigenvalue weighted by Crippen LogP contribution is 2.42. The number of para-hydroxylation sites is 1. The van der Waals surface area contributed by atoms with Crippen LogP contribution in [0.3, 0.4) is 0 Å². The fraction of sp³-hybridized carbons (Fsp3) is 0.0370. The highest BCUT2D eigenvalue weighted by atomic mass is 14.7. The van der Waals surface area contributed by atoms with Crippen LogP contribution in [0.25, 0.3) is 22.2 Å². The van der Waals surface area contributed by atoms with Crippen molar-refractivity contribution >= 4 is 10.9 Å². The first-order valence-corrected chi connectivity index (χ1v) is 9.68. The van der Waals surface area contributed by atoms with Gasteiger partial charge in [0.2, 0.25) is 0 Å². The Morgan fingerprint density at radius 3 is 1.61 bits per heavy atom. The Kier molecular flexibility index (Phi) is 4.27. The number of nitrogens with one attached hydrogen (secondary N) is 1. The van der Waals surface area contributed by atoms with Crippen molar-refractivity contribution < 1.29 is 0 Å². The van der Waals surface area contributed by atoms with Crippen LogP contribution in [0.15, 0.2) is 115 Å². The van der Waals surface area contributed by atoms with E-state index in [0.717, 1.165) is 0 Å². The lowest BCUT2D eigenvalue weighted by molar-refractivity contribution is 0.990. The van der Waals surface area contributed by atoms with Gasteiger partial charge in [-0.15, -0.1) is 0 Å². The Morgan fingerprint density at radius 2 is 1.00 bits per heavy atom. The smallest absolute Gasteiger partial charge is 0.0507 e. The number of aromatic amines is 1. The van der Waals surface area contributed by atoms with Crippen LogP contribution in [-0.4, -0.2) is 4.98 Å². The molecule has 134 valence electrons. The van der Waals surface area contributed by atoms with Crippen LogP contribution in [0.2, 0.25) is 0 Å². The second kappa shape index (κ2) is 7.21. The van der Waals surface area contributed by atoms with Gasteiger partial charge in [-0.2, -0.15) is 0 Å². The molecule has 0 unspecified atom stereocenters. The molecule has 0 amide bonds. The molecule has 1 aromatic heterocycles. The van der Waals surface area contributed by atoms with Crippen LogP contribution in [0.4, 0.5) is 0 Å². The molecule has 1 nitrogen and oxygen atoms in total. The third-order valence-electron chi connectivity index (χ3n) is 5.36. The third-order valence-corrected chi connectivity index (χ3v) is 5.36. The molecule has 5 aromatic rings. The van der Waals surface area contributed by atoms with Crippen molar-refractivity contribution in [3.05, 3.63) is 132 Å². The Labute approximate surface area is 165 Å². The molecule has 0 aliphatic carbocycles. The fourth-order valence-electron chi connectivity index (χ4n) is 4.11. The molecule has 0 saturated heterocycles. The summed E-state index contributed by atoms with van der Waals surface area (Å²) in [5.41, 5.74) is 7.52. The molecule has 1 heteroatoms. The van der Waals surface area contributed by atoms with Gasteiger partial charge in [-0.1, -0.05) is 109 Å². The normalized spacial score (nSPS) is 11.2. The zero-order valence-electron chi connectivity index (χ0n) is 15.5. The van der Waals surface area contributed by atoms with Crippen LogP contribution in [0.5, 0.6) is 0 Å². The average Bonchev–Trinajstić information content (AvgIpc) is 3.16. The quantitative estimate of drug-likeness (QED) is 0.355. The van der Waals surface area contributed by atoms with Crippen molar-refractivity contribution in [1.82, 2.24) is 4.98 Å². The van der Waals surface area contributed by atoms with Crippen molar-refractivity contribution in [1.29, 1.82) is 0 Å². The summed E-state index contributed by atoms with van der Waals surface area (Å²) in [4.78, 5) is 3.70. The summed E-state index contributed by atoms with van der Waals surface area (Å²) in [5, 5.41) is 1.28. The number of hydrogen-bond acceptors (Lipinski definition) is 0. The predicted octanol–water partition coefficient (Wildman–Crippen LogP) is 7.02. The van der Waals surface area contributed by atoms with E-state index in [0.29, 0.717) is 0 Å². The van der Waals surface area contributed by atoms with E-state index in [4.69, 9.17) is 0 Å². The van der Waals surface area contributed by atoms with Crippen molar-refractivity contribution in [2.75, 3.05) is 0 Å². The molecule has 0 fully saturated rings. The summed E-state index contributed by atoms with van der Waals surface area (Å²) in [6.45, 7) is 0. The first-order valence-electron chi connectivity index (χ1n) is 9.68. The maximum absolute atomic E-state index is 3.70. The van der Waals surface area contributed by atoms with E-state index < -0.39 is 0 Å². The van der Waals surface area contributed by atoms with Gasteiger partial charge in [0.25, 0.3) is 0 Å².